The minimum absolute atomic E-state index is 0.427. The van der Waals surface area contributed by atoms with Crippen LogP contribution in [0.5, 0.6) is 0 Å². The van der Waals surface area contributed by atoms with Crippen molar-refractivity contribution in [1.82, 2.24) is 4.31 Å². The molecular weight excluding hydrogens is 150 g/mol. The van der Waals surface area contributed by atoms with Gasteiger partial charge in [-0.15, -0.1) is 0 Å². The normalized spacial score (nSPS) is 15.8. The van der Waals surface area contributed by atoms with Gasteiger partial charge in [-0.05, 0) is 20.9 Å². The van der Waals surface area contributed by atoms with Crippen molar-refractivity contribution in [3.63, 3.8) is 0 Å². The van der Waals surface area contributed by atoms with Crippen molar-refractivity contribution in [3.05, 3.63) is 0 Å². The van der Waals surface area contributed by atoms with Gasteiger partial charge in [0.1, 0.15) is 0 Å². The van der Waals surface area contributed by atoms with Crippen LogP contribution in [0.1, 0.15) is 13.8 Å². The second-order valence-corrected chi connectivity index (χ2v) is 4.49. The predicted molar refractivity (Wildman–Crippen MR) is 43.0 cm³/mol. The quantitative estimate of drug-likeness (QED) is 0.638. The molecule has 0 radical (unpaired) electrons. The Balaban J connectivity index is 3.80. The van der Waals surface area contributed by atoms with Crippen molar-refractivity contribution < 1.29 is 9.32 Å². The Bertz CT molecular complexity index is 130. The van der Waals surface area contributed by atoms with Gasteiger partial charge < -0.3 is 5.11 Å². The number of hydrogen-bond donors (Lipinski definition) is 1. The molecule has 0 aromatic heterocycles. The topological polar surface area (TPSA) is 40.5 Å². The summed E-state index contributed by atoms with van der Waals surface area (Å²) < 4.78 is 12.3. The first kappa shape index (κ1) is 10.1. The molecule has 0 amide bonds. The van der Waals surface area contributed by atoms with Crippen molar-refractivity contribution in [3.8, 4) is 0 Å². The molecule has 0 aromatic carbocycles. The smallest absolute Gasteiger partial charge is 0.0909 e. The van der Waals surface area contributed by atoms with Gasteiger partial charge in [0.15, 0.2) is 0 Å². The third kappa shape index (κ3) is 4.90. The highest BCUT2D eigenvalue weighted by Gasteiger charge is 2.16. The predicted octanol–water partition coefficient (Wildman–Crippen LogP) is -0.0174. The standard InChI is InChI=1S/C6H15NO2S/c1-6(2,8)5-7(3)10(4)9/h8H,5H2,1-4H3. The van der Waals surface area contributed by atoms with Gasteiger partial charge in [-0.25, -0.2) is 8.51 Å². The fraction of sp³-hybridized carbons (Fsp3) is 1.00. The third-order valence-corrected chi connectivity index (χ3v) is 2.06. The second-order valence-electron chi connectivity index (χ2n) is 3.02. The SMILES string of the molecule is CN(CC(C)(C)O)S(C)=O. The minimum atomic E-state index is -0.983. The zero-order valence-electron chi connectivity index (χ0n) is 6.92. The lowest BCUT2D eigenvalue weighted by molar-refractivity contribution is 0.0652. The molecule has 0 aliphatic rings. The molecule has 0 heterocycles. The highest BCUT2D eigenvalue weighted by atomic mass is 32.2. The van der Waals surface area contributed by atoms with Crippen molar-refractivity contribution in [2.75, 3.05) is 19.8 Å². The van der Waals surface area contributed by atoms with Gasteiger partial charge in [0.25, 0.3) is 0 Å². The van der Waals surface area contributed by atoms with Gasteiger partial charge in [0.2, 0.25) is 0 Å². The fourth-order valence-electron chi connectivity index (χ4n) is 0.636. The maximum Gasteiger partial charge on any atom is 0.0909 e. The Morgan fingerprint density at radius 2 is 2.00 bits per heavy atom. The average Bonchev–Trinajstić information content (AvgIpc) is 1.60. The molecule has 0 fully saturated rings. The van der Waals surface area contributed by atoms with Crippen molar-refractivity contribution in [2.24, 2.45) is 0 Å². The molecule has 0 aromatic rings. The summed E-state index contributed by atoms with van der Waals surface area (Å²) in [5.74, 6) is 0. The van der Waals surface area contributed by atoms with Gasteiger partial charge in [-0.1, -0.05) is 0 Å². The summed E-state index contributed by atoms with van der Waals surface area (Å²) in [4.78, 5) is 0. The number of aliphatic hydroxyl groups is 1. The van der Waals surface area contributed by atoms with Gasteiger partial charge in [0, 0.05) is 12.8 Å². The maximum atomic E-state index is 10.7. The van der Waals surface area contributed by atoms with Crippen molar-refractivity contribution >= 4 is 11.0 Å². The number of likely N-dealkylation sites (N-methyl/N-ethyl adjacent to an activating group) is 1. The van der Waals surface area contributed by atoms with E-state index >= 15 is 0 Å². The molecule has 1 N–H and O–H groups in total. The molecular formula is C6H15NO2S. The lowest BCUT2D eigenvalue weighted by atomic mass is 10.1. The summed E-state index contributed by atoms with van der Waals surface area (Å²) in [7, 11) is 0.733. The summed E-state index contributed by atoms with van der Waals surface area (Å²) in [5.41, 5.74) is -0.763. The molecule has 3 nitrogen and oxygen atoms in total. The molecule has 0 rings (SSSR count). The zero-order valence-corrected chi connectivity index (χ0v) is 7.73. The van der Waals surface area contributed by atoms with Crippen LogP contribution in [0.15, 0.2) is 0 Å². The highest BCUT2D eigenvalue weighted by molar-refractivity contribution is 7.81. The van der Waals surface area contributed by atoms with Crippen LogP contribution in [0.25, 0.3) is 0 Å². The Morgan fingerprint density at radius 1 is 1.60 bits per heavy atom. The average molecular weight is 165 g/mol. The Hall–Kier alpha value is 0.0700. The molecule has 10 heavy (non-hydrogen) atoms. The van der Waals surface area contributed by atoms with Crippen LogP contribution in [-0.2, 0) is 11.0 Å². The summed E-state index contributed by atoms with van der Waals surface area (Å²) in [6, 6.07) is 0. The number of hydrogen-bond acceptors (Lipinski definition) is 2. The lowest BCUT2D eigenvalue weighted by Gasteiger charge is -2.22. The van der Waals surface area contributed by atoms with Crippen LogP contribution in [0.3, 0.4) is 0 Å². The van der Waals surface area contributed by atoms with Gasteiger partial charge in [0.05, 0.1) is 16.6 Å². The maximum absolute atomic E-state index is 10.7. The molecule has 1 atom stereocenters. The molecule has 0 aliphatic heterocycles. The summed E-state index contributed by atoms with van der Waals surface area (Å²) in [6.45, 7) is 3.81. The van der Waals surface area contributed by atoms with E-state index in [1.807, 2.05) is 0 Å². The fourth-order valence-corrected chi connectivity index (χ4v) is 1.13. The van der Waals surface area contributed by atoms with E-state index in [4.69, 9.17) is 0 Å². The van der Waals surface area contributed by atoms with Crippen LogP contribution in [0.2, 0.25) is 0 Å². The zero-order chi connectivity index (χ0) is 8.36. The number of nitrogens with zero attached hydrogens (tertiary/aromatic N) is 1. The highest BCUT2D eigenvalue weighted by Crippen LogP contribution is 2.03. The molecule has 62 valence electrons. The molecule has 0 aliphatic carbocycles. The van der Waals surface area contributed by atoms with Crippen LogP contribution < -0.4 is 0 Å². The molecule has 4 heteroatoms. The Labute approximate surface area is 64.6 Å². The largest absolute Gasteiger partial charge is 0.389 e. The second kappa shape index (κ2) is 3.46. The first-order valence-electron chi connectivity index (χ1n) is 3.10. The Morgan fingerprint density at radius 3 is 2.10 bits per heavy atom. The molecule has 0 bridgehead atoms. The number of rotatable bonds is 3. The van der Waals surface area contributed by atoms with E-state index in [1.54, 1.807) is 31.5 Å². The van der Waals surface area contributed by atoms with E-state index in [0.717, 1.165) is 0 Å². The molecule has 0 saturated heterocycles. The van der Waals surface area contributed by atoms with Gasteiger partial charge in [-0.3, -0.25) is 0 Å². The summed E-state index contributed by atoms with van der Waals surface area (Å²) >= 11 is 0. The van der Waals surface area contributed by atoms with Crippen LogP contribution >= 0.6 is 0 Å². The van der Waals surface area contributed by atoms with Crippen LogP contribution in [0, 0.1) is 0 Å². The van der Waals surface area contributed by atoms with Gasteiger partial charge in [-0.2, -0.15) is 0 Å². The Kier molecular flexibility index (Phi) is 3.48. The van der Waals surface area contributed by atoms with E-state index in [1.165, 1.54) is 0 Å². The third-order valence-electron chi connectivity index (χ3n) is 1.05. The molecule has 1 unspecified atom stereocenters. The van der Waals surface area contributed by atoms with Crippen LogP contribution in [-0.4, -0.2) is 39.1 Å². The van der Waals surface area contributed by atoms with E-state index in [9.17, 15) is 9.32 Å². The van der Waals surface area contributed by atoms with E-state index < -0.39 is 16.6 Å². The van der Waals surface area contributed by atoms with E-state index in [2.05, 4.69) is 0 Å². The molecule has 0 saturated carbocycles. The van der Waals surface area contributed by atoms with Gasteiger partial charge >= 0.3 is 0 Å². The van der Waals surface area contributed by atoms with Crippen LogP contribution in [0.4, 0.5) is 0 Å². The van der Waals surface area contributed by atoms with E-state index in [-0.39, 0.29) is 0 Å². The summed E-state index contributed by atoms with van der Waals surface area (Å²) in [6.07, 6.45) is 1.59. The van der Waals surface area contributed by atoms with E-state index in [0.29, 0.717) is 6.54 Å². The first-order valence-corrected chi connectivity index (χ1v) is 4.61. The molecule has 0 spiro atoms. The lowest BCUT2D eigenvalue weighted by Crippen LogP contribution is -2.36. The first-order chi connectivity index (χ1) is 4.33. The monoisotopic (exact) mass is 165 g/mol. The summed E-state index contributed by atoms with van der Waals surface area (Å²) in [5, 5.41) is 9.26. The van der Waals surface area contributed by atoms with Crippen molar-refractivity contribution in [2.45, 2.75) is 19.4 Å². The minimum Gasteiger partial charge on any atom is -0.389 e. The van der Waals surface area contributed by atoms with Crippen molar-refractivity contribution in [1.29, 1.82) is 0 Å².